The van der Waals surface area contributed by atoms with Crippen LogP contribution in [0.15, 0.2) is 72.8 Å². The van der Waals surface area contributed by atoms with Crippen LogP contribution in [0, 0.1) is 6.92 Å². The molecule has 0 saturated carbocycles. The monoisotopic (exact) mass is 653 g/mol. The van der Waals surface area contributed by atoms with Crippen LogP contribution in [0.2, 0.25) is 0 Å². The molecule has 3 aromatic rings. The molecule has 8 nitrogen and oxygen atoms in total. The zero-order valence-electron chi connectivity index (χ0n) is 27.0. The number of hydrogen-bond acceptors (Lipinski definition) is 7. The van der Waals surface area contributed by atoms with Crippen molar-refractivity contribution in [3.05, 3.63) is 95.1 Å². The van der Waals surface area contributed by atoms with E-state index < -0.39 is 33.2 Å². The summed E-state index contributed by atoms with van der Waals surface area (Å²) < 4.78 is 24.3. The molecule has 3 rings (SSSR count). The van der Waals surface area contributed by atoms with E-state index in [0.717, 1.165) is 61.2 Å². The highest BCUT2D eigenvalue weighted by atomic mass is 32.2. The number of thioether (sulfide) groups is 1. The van der Waals surface area contributed by atoms with Crippen LogP contribution >= 0.6 is 11.8 Å². The summed E-state index contributed by atoms with van der Waals surface area (Å²) in [6, 6.07) is 23.2. The second kappa shape index (κ2) is 18.1. The number of rotatable bonds is 18. The first kappa shape index (κ1) is 36.3. The van der Waals surface area contributed by atoms with E-state index in [1.165, 1.54) is 31.2 Å². The lowest BCUT2D eigenvalue weighted by Gasteiger charge is -2.24. The van der Waals surface area contributed by atoms with Crippen LogP contribution < -0.4 is 10.2 Å². The second-order valence-electron chi connectivity index (χ2n) is 11.5. The zero-order valence-corrected chi connectivity index (χ0v) is 28.7. The summed E-state index contributed by atoms with van der Waals surface area (Å²) in [5, 5.41) is 2.04. The Balaban J connectivity index is 1.89. The average Bonchev–Trinajstić information content (AvgIpc) is 3.03. The maximum Gasteiger partial charge on any atom is 0.348 e. The molecule has 1 amide bonds. The van der Waals surface area contributed by atoms with Gasteiger partial charge in [0.05, 0.1) is 5.25 Å². The van der Waals surface area contributed by atoms with Crippen molar-refractivity contribution in [2.75, 3.05) is 25.1 Å². The number of carbonyl (C=O) groups is 2. The van der Waals surface area contributed by atoms with E-state index in [1.807, 2.05) is 60.5 Å². The summed E-state index contributed by atoms with van der Waals surface area (Å²) in [6.45, 7) is 9.80. The van der Waals surface area contributed by atoms with Gasteiger partial charge in [-0.2, -0.15) is 11.8 Å². The first-order valence-electron chi connectivity index (χ1n) is 15.5. The maximum atomic E-state index is 13.8. The Labute approximate surface area is 273 Å². The van der Waals surface area contributed by atoms with E-state index in [0.29, 0.717) is 11.3 Å². The molecule has 0 bridgehead atoms. The van der Waals surface area contributed by atoms with Crippen molar-refractivity contribution in [1.82, 2.24) is 15.1 Å². The fourth-order valence-electron chi connectivity index (χ4n) is 4.81. The number of aryl methyl sites for hydroxylation is 1. The van der Waals surface area contributed by atoms with Gasteiger partial charge < -0.3 is 10.2 Å². The third-order valence-corrected chi connectivity index (χ3v) is 9.84. The third kappa shape index (κ3) is 11.3. The van der Waals surface area contributed by atoms with Gasteiger partial charge in [-0.25, -0.2) is 13.2 Å². The maximum absolute atomic E-state index is 13.8. The number of amides is 1. The molecule has 0 saturated heterocycles. The topological polar surface area (TPSA) is 105 Å². The molecular formula is C35H47N3O5S2. The number of benzene rings is 3. The molecule has 244 valence electrons. The van der Waals surface area contributed by atoms with Crippen molar-refractivity contribution in [1.29, 1.82) is 0 Å². The SMILES string of the molecule is CCCCN(CCc1ccccc1)Cc1ccc(C(=O)N[C@@H](CCSC)C(=O)ONS(=O)(=O)C(C)C)c(-c2ccccc2C)c1. The molecule has 0 radical (unpaired) electrons. The van der Waals surface area contributed by atoms with Crippen LogP contribution in [-0.4, -0.2) is 61.6 Å². The average molecular weight is 654 g/mol. The Kier molecular flexibility index (Phi) is 14.6. The first-order valence-corrected chi connectivity index (χ1v) is 18.5. The summed E-state index contributed by atoms with van der Waals surface area (Å²) in [4.78, 5) is 36.0. The highest BCUT2D eigenvalue weighted by molar-refractivity contribution is 7.98. The summed E-state index contributed by atoms with van der Waals surface area (Å²) in [7, 11) is -3.83. The van der Waals surface area contributed by atoms with Gasteiger partial charge in [0.15, 0.2) is 0 Å². The molecule has 3 aromatic carbocycles. The van der Waals surface area contributed by atoms with Gasteiger partial charge in [-0.1, -0.05) is 74.0 Å². The van der Waals surface area contributed by atoms with Crippen LogP contribution in [0.5, 0.6) is 0 Å². The molecule has 0 aliphatic carbocycles. The number of hydrogen-bond donors (Lipinski definition) is 2. The van der Waals surface area contributed by atoms with Crippen LogP contribution in [0.1, 0.15) is 67.1 Å². The van der Waals surface area contributed by atoms with Crippen LogP contribution in [0.25, 0.3) is 11.1 Å². The van der Waals surface area contributed by atoms with E-state index in [4.69, 9.17) is 4.84 Å². The number of nitrogens with one attached hydrogen (secondary N) is 2. The minimum atomic E-state index is -3.83. The summed E-state index contributed by atoms with van der Waals surface area (Å²) in [5.41, 5.74) is 5.56. The standard InChI is InChI=1S/C35H47N3O5S2/c1-6-7-21-38(22-19-28-14-9-8-10-15-28)25-29-17-18-31(32(24-29)30-16-12-11-13-27(30)4)34(39)36-33(20-23-44-5)35(40)43-37-45(41,42)26(2)3/h8-18,24,26,33,37H,6-7,19-23,25H2,1-5H3,(H,36,39)/t33-/m0/s1. The quantitative estimate of drug-likeness (QED) is 0.159. The van der Waals surface area contributed by atoms with Crippen LogP contribution in [-0.2, 0) is 32.6 Å². The molecule has 2 N–H and O–H groups in total. The normalized spacial score (nSPS) is 12.3. The molecule has 45 heavy (non-hydrogen) atoms. The molecule has 0 spiro atoms. The molecule has 0 fully saturated rings. The highest BCUT2D eigenvalue weighted by Gasteiger charge is 2.27. The van der Waals surface area contributed by atoms with E-state index in [-0.39, 0.29) is 6.42 Å². The van der Waals surface area contributed by atoms with Crippen molar-refractivity contribution in [2.45, 2.75) is 71.2 Å². The number of carbonyl (C=O) groups excluding carboxylic acids is 2. The number of sulfonamides is 1. The second-order valence-corrected chi connectivity index (χ2v) is 14.7. The fraction of sp³-hybridized carbons (Fsp3) is 0.429. The van der Waals surface area contributed by atoms with Crippen molar-refractivity contribution in [3.63, 3.8) is 0 Å². The molecular weight excluding hydrogens is 607 g/mol. The van der Waals surface area contributed by atoms with E-state index in [9.17, 15) is 18.0 Å². The molecule has 0 aromatic heterocycles. The van der Waals surface area contributed by atoms with Crippen LogP contribution in [0.4, 0.5) is 0 Å². The lowest BCUT2D eigenvalue weighted by Crippen LogP contribution is -2.45. The van der Waals surface area contributed by atoms with Gasteiger partial charge in [0, 0.05) is 18.7 Å². The summed E-state index contributed by atoms with van der Waals surface area (Å²) in [5.74, 6) is -0.723. The zero-order chi connectivity index (χ0) is 32.8. The van der Waals surface area contributed by atoms with Gasteiger partial charge in [0.1, 0.15) is 6.04 Å². The van der Waals surface area contributed by atoms with Gasteiger partial charge in [0.2, 0.25) is 10.0 Å². The Morgan fingerprint density at radius 1 is 0.933 bits per heavy atom. The molecule has 0 unspecified atom stereocenters. The predicted octanol–water partition coefficient (Wildman–Crippen LogP) is 6.14. The fourth-order valence-corrected chi connectivity index (χ4v) is 5.68. The lowest BCUT2D eigenvalue weighted by molar-refractivity contribution is -0.149. The van der Waals surface area contributed by atoms with Crippen molar-refractivity contribution in [2.24, 2.45) is 0 Å². The Hall–Kier alpha value is -3.18. The van der Waals surface area contributed by atoms with E-state index in [1.54, 1.807) is 0 Å². The van der Waals surface area contributed by atoms with Gasteiger partial charge in [-0.3, -0.25) is 9.69 Å². The minimum absolute atomic E-state index is 0.279. The number of unbranched alkanes of at least 4 members (excludes halogenated alkanes) is 1. The van der Waals surface area contributed by atoms with Crippen molar-refractivity contribution in [3.8, 4) is 11.1 Å². The largest absolute Gasteiger partial charge is 0.354 e. The highest BCUT2D eigenvalue weighted by Crippen LogP contribution is 2.29. The van der Waals surface area contributed by atoms with E-state index in [2.05, 4.69) is 47.5 Å². The molecule has 10 heteroatoms. The Bertz CT molecular complexity index is 1500. The third-order valence-electron chi connectivity index (χ3n) is 7.64. The minimum Gasteiger partial charge on any atom is -0.354 e. The lowest BCUT2D eigenvalue weighted by atomic mass is 9.93. The smallest absolute Gasteiger partial charge is 0.348 e. The van der Waals surface area contributed by atoms with E-state index >= 15 is 0 Å². The summed E-state index contributed by atoms with van der Waals surface area (Å²) in [6.07, 6.45) is 5.33. The first-order chi connectivity index (χ1) is 21.6. The Morgan fingerprint density at radius 2 is 1.64 bits per heavy atom. The summed E-state index contributed by atoms with van der Waals surface area (Å²) >= 11 is 1.51. The Morgan fingerprint density at radius 3 is 2.31 bits per heavy atom. The van der Waals surface area contributed by atoms with Gasteiger partial charge in [0.25, 0.3) is 5.91 Å². The molecule has 1 atom stereocenters. The number of nitrogens with zero attached hydrogens (tertiary/aromatic N) is 1. The molecule has 0 aliphatic heterocycles. The van der Waals surface area contributed by atoms with Crippen molar-refractivity contribution >= 4 is 33.7 Å². The van der Waals surface area contributed by atoms with Gasteiger partial charge in [-0.15, -0.1) is 0 Å². The van der Waals surface area contributed by atoms with Crippen LogP contribution in [0.3, 0.4) is 0 Å². The van der Waals surface area contributed by atoms with Crippen molar-refractivity contribution < 1.29 is 22.8 Å². The van der Waals surface area contributed by atoms with Gasteiger partial charge in [-0.05, 0) is 103 Å². The van der Waals surface area contributed by atoms with Gasteiger partial charge >= 0.3 is 5.97 Å². The predicted molar refractivity (Wildman–Crippen MR) is 184 cm³/mol. The molecule has 0 heterocycles. The molecule has 0 aliphatic rings.